The van der Waals surface area contributed by atoms with Gasteiger partial charge in [-0.2, -0.15) is 0 Å². The molecule has 0 spiro atoms. The minimum absolute atomic E-state index is 0.0178. The average molecular weight is 444 g/mol. The zero-order chi connectivity index (χ0) is 22.8. The van der Waals surface area contributed by atoms with Crippen molar-refractivity contribution in [2.45, 2.75) is 84.7 Å². The quantitative estimate of drug-likeness (QED) is 0.463. The number of carboxylic acids is 1. The molecule has 1 amide bonds. The molecule has 29 heavy (non-hydrogen) atoms. The lowest BCUT2D eigenvalue weighted by atomic mass is 10.2. The van der Waals surface area contributed by atoms with Gasteiger partial charge in [-0.25, -0.2) is 4.79 Å². The Bertz CT molecular complexity index is 773. The van der Waals surface area contributed by atoms with Crippen molar-refractivity contribution in [2.24, 2.45) is 0 Å². The summed E-state index contributed by atoms with van der Waals surface area (Å²) < 4.78 is 11.6. The van der Waals surface area contributed by atoms with Crippen molar-refractivity contribution in [3.63, 3.8) is 0 Å². The first kappa shape index (κ1) is 25.3. The maximum Gasteiger partial charge on any atom is 0.338 e. The van der Waals surface area contributed by atoms with E-state index in [1.807, 2.05) is 33.9 Å². The fourth-order valence-corrected chi connectivity index (χ4v) is 4.37. The average Bonchev–Trinajstić information content (AvgIpc) is 2.83. The van der Waals surface area contributed by atoms with Gasteiger partial charge in [-0.3, -0.25) is 9.59 Å². The molecule has 2 N–H and O–H groups in total. The van der Waals surface area contributed by atoms with Crippen molar-refractivity contribution in [3.8, 4) is 0 Å². The molecule has 1 heterocycles. The summed E-state index contributed by atoms with van der Waals surface area (Å²) in [6, 6.07) is 1.50. The van der Waals surface area contributed by atoms with Crippen molar-refractivity contribution in [1.82, 2.24) is 0 Å². The highest BCUT2D eigenvalue weighted by Gasteiger charge is 2.42. The van der Waals surface area contributed by atoms with Crippen LogP contribution in [0.1, 0.15) is 63.2 Å². The first-order valence-corrected chi connectivity index (χ1v) is 13.2. The third-order valence-corrected chi connectivity index (χ3v) is 10.1. The highest BCUT2D eigenvalue weighted by atomic mass is 32.1. The molecule has 0 saturated carbocycles. The van der Waals surface area contributed by atoms with Gasteiger partial charge in [0.15, 0.2) is 8.32 Å². The van der Waals surface area contributed by atoms with Crippen LogP contribution in [-0.2, 0) is 18.8 Å². The van der Waals surface area contributed by atoms with Gasteiger partial charge in [-0.15, -0.1) is 11.3 Å². The fourth-order valence-electron chi connectivity index (χ4n) is 2.21. The first-order valence-electron chi connectivity index (χ1n) is 9.47. The van der Waals surface area contributed by atoms with Gasteiger partial charge in [0.25, 0.3) is 5.91 Å². The summed E-state index contributed by atoms with van der Waals surface area (Å²) in [6.45, 7) is 17.1. The molecule has 1 aromatic heterocycles. The first-order chi connectivity index (χ1) is 12.9. The van der Waals surface area contributed by atoms with E-state index < -0.39 is 37.9 Å². The molecule has 1 rings (SSSR count). The molecule has 0 fully saturated rings. The van der Waals surface area contributed by atoms with E-state index in [-0.39, 0.29) is 22.0 Å². The highest BCUT2D eigenvalue weighted by molar-refractivity contribution is 7.16. The van der Waals surface area contributed by atoms with E-state index in [0.29, 0.717) is 0 Å². The predicted molar refractivity (Wildman–Crippen MR) is 117 cm³/mol. The van der Waals surface area contributed by atoms with Crippen LogP contribution in [0.5, 0.6) is 0 Å². The topological polar surface area (TPSA) is 102 Å². The normalized spacial score (nSPS) is 13.7. The highest BCUT2D eigenvalue weighted by Crippen LogP contribution is 2.38. The number of aromatic carboxylic acids is 1. The van der Waals surface area contributed by atoms with Gasteiger partial charge in [0.1, 0.15) is 16.7 Å². The number of amides is 1. The monoisotopic (exact) mass is 443 g/mol. The van der Waals surface area contributed by atoms with Crippen molar-refractivity contribution < 1.29 is 28.7 Å². The lowest BCUT2D eigenvalue weighted by Crippen LogP contribution is -2.48. The number of hydrogen-bond acceptors (Lipinski definition) is 6. The van der Waals surface area contributed by atoms with Crippen LogP contribution in [0.3, 0.4) is 0 Å². The predicted octanol–water partition coefficient (Wildman–Crippen LogP) is 4.82. The lowest BCUT2D eigenvalue weighted by molar-refractivity contribution is -0.158. The molecule has 164 valence electrons. The van der Waals surface area contributed by atoms with Crippen LogP contribution in [0.15, 0.2) is 6.07 Å². The van der Waals surface area contributed by atoms with Gasteiger partial charge >= 0.3 is 11.9 Å². The summed E-state index contributed by atoms with van der Waals surface area (Å²) in [6.07, 6.45) is -1.32. The summed E-state index contributed by atoms with van der Waals surface area (Å²) in [7, 11) is -2.39. The lowest BCUT2D eigenvalue weighted by Gasteiger charge is -2.38. The molecule has 0 aliphatic rings. The molecule has 1 atom stereocenters. The SMILES string of the molecule is Cc1cc(C(=O)O)c(NC(=O)C(CC(=O)OC(C)(C)C)O[Si](C)(C)C(C)(C)C)s1. The second kappa shape index (κ2) is 8.97. The van der Waals surface area contributed by atoms with Crippen LogP contribution < -0.4 is 5.32 Å². The molecule has 0 saturated heterocycles. The Kier molecular flexibility index (Phi) is 7.83. The van der Waals surface area contributed by atoms with Crippen LogP contribution in [0.25, 0.3) is 0 Å². The van der Waals surface area contributed by atoms with E-state index >= 15 is 0 Å². The van der Waals surface area contributed by atoms with Crippen LogP contribution in [0, 0.1) is 6.92 Å². The van der Waals surface area contributed by atoms with Crippen LogP contribution in [-0.4, -0.2) is 43.0 Å². The molecule has 1 aromatic rings. The van der Waals surface area contributed by atoms with Crippen molar-refractivity contribution in [2.75, 3.05) is 5.32 Å². The number of carbonyl (C=O) groups is 3. The van der Waals surface area contributed by atoms with Crippen molar-refractivity contribution in [1.29, 1.82) is 0 Å². The molecule has 0 bridgehead atoms. The number of esters is 1. The zero-order valence-electron chi connectivity index (χ0n) is 18.8. The van der Waals surface area contributed by atoms with Gasteiger partial charge in [0.05, 0.1) is 12.0 Å². The number of ether oxygens (including phenoxy) is 1. The van der Waals surface area contributed by atoms with E-state index in [1.165, 1.54) is 17.4 Å². The van der Waals surface area contributed by atoms with Crippen LogP contribution in [0.2, 0.25) is 18.1 Å². The Labute approximate surface area is 177 Å². The Morgan fingerprint density at radius 2 is 1.72 bits per heavy atom. The maximum atomic E-state index is 13.0. The van der Waals surface area contributed by atoms with Gasteiger partial charge in [-0.1, -0.05) is 20.8 Å². The Morgan fingerprint density at radius 3 is 2.17 bits per heavy atom. The maximum absolute atomic E-state index is 13.0. The summed E-state index contributed by atoms with van der Waals surface area (Å²) in [5.41, 5.74) is -0.666. The largest absolute Gasteiger partial charge is 0.478 e. The van der Waals surface area contributed by atoms with Gasteiger partial charge in [0, 0.05) is 4.88 Å². The van der Waals surface area contributed by atoms with E-state index in [9.17, 15) is 19.5 Å². The smallest absolute Gasteiger partial charge is 0.338 e. The van der Waals surface area contributed by atoms with Crippen LogP contribution >= 0.6 is 11.3 Å². The third kappa shape index (κ3) is 7.56. The molecule has 7 nitrogen and oxygen atoms in total. The second-order valence-electron chi connectivity index (χ2n) is 9.55. The minimum Gasteiger partial charge on any atom is -0.478 e. The van der Waals surface area contributed by atoms with E-state index in [1.54, 1.807) is 27.7 Å². The van der Waals surface area contributed by atoms with E-state index in [2.05, 4.69) is 5.32 Å². The Balaban J connectivity index is 3.14. The third-order valence-electron chi connectivity index (χ3n) is 4.63. The summed E-state index contributed by atoms with van der Waals surface area (Å²) in [4.78, 5) is 37.6. The Hall–Kier alpha value is -1.71. The molecular weight excluding hydrogens is 410 g/mol. The van der Waals surface area contributed by atoms with Gasteiger partial charge < -0.3 is 19.6 Å². The number of hydrogen-bond donors (Lipinski definition) is 2. The van der Waals surface area contributed by atoms with E-state index in [4.69, 9.17) is 9.16 Å². The number of aryl methyl sites for hydroxylation is 1. The molecule has 0 aliphatic carbocycles. The van der Waals surface area contributed by atoms with Crippen molar-refractivity contribution >= 4 is 42.5 Å². The zero-order valence-corrected chi connectivity index (χ0v) is 20.6. The number of thiophene rings is 1. The van der Waals surface area contributed by atoms with Gasteiger partial charge in [-0.05, 0) is 51.9 Å². The summed E-state index contributed by atoms with van der Waals surface area (Å²) in [5.74, 6) is -2.22. The number of anilines is 1. The number of nitrogens with one attached hydrogen (secondary N) is 1. The van der Waals surface area contributed by atoms with E-state index in [0.717, 1.165) is 4.88 Å². The number of carbonyl (C=O) groups excluding carboxylic acids is 2. The van der Waals surface area contributed by atoms with Crippen LogP contribution in [0.4, 0.5) is 5.00 Å². The standard InChI is InChI=1S/C20H33NO6SSi/c1-12-10-13(18(24)25)17(28-12)21-16(23)14(11-15(22)26-19(2,3)4)27-29(8,9)20(5,6)7/h10,14H,11H2,1-9H3,(H,21,23)(H,24,25). The fraction of sp³-hybridized carbons (Fsp3) is 0.650. The molecular formula is C20H33NO6SSi. The van der Waals surface area contributed by atoms with Crippen molar-refractivity contribution in [3.05, 3.63) is 16.5 Å². The number of carboxylic acid groups (broad SMARTS) is 1. The van der Waals surface area contributed by atoms with Gasteiger partial charge in [0.2, 0.25) is 0 Å². The molecule has 0 aromatic carbocycles. The number of rotatable bonds is 7. The Morgan fingerprint density at radius 1 is 1.17 bits per heavy atom. The molecule has 0 aliphatic heterocycles. The summed E-state index contributed by atoms with van der Waals surface area (Å²) >= 11 is 1.17. The second-order valence-corrected chi connectivity index (χ2v) is 15.6. The molecule has 0 radical (unpaired) electrons. The summed E-state index contributed by atoms with van der Waals surface area (Å²) in [5, 5.41) is 12.1. The minimum atomic E-state index is -2.39. The molecule has 1 unspecified atom stereocenters. The molecule has 9 heteroatoms.